The number of hydrogen-bond donors (Lipinski definition) is 2. The highest BCUT2D eigenvalue weighted by Crippen LogP contribution is 2.22. The number of benzene rings is 2. The average molecular weight is 306 g/mol. The zero-order valence-electron chi connectivity index (χ0n) is 11.7. The standard InChI is InChI=1S/C15H18N2O3S/c1-2-12-16-21(18,19)17-13-8-10-15(11-9-13)20-14-6-4-3-5-7-14/h3-11,16-17H,2,12H2,1H3. The van der Waals surface area contributed by atoms with Gasteiger partial charge < -0.3 is 4.74 Å². The van der Waals surface area contributed by atoms with E-state index < -0.39 is 10.2 Å². The van der Waals surface area contributed by atoms with Gasteiger partial charge in [0.15, 0.2) is 0 Å². The highest BCUT2D eigenvalue weighted by molar-refractivity contribution is 7.90. The number of ether oxygens (including phenoxy) is 1. The lowest BCUT2D eigenvalue weighted by Gasteiger charge is -2.10. The lowest BCUT2D eigenvalue weighted by atomic mass is 10.3. The van der Waals surface area contributed by atoms with Crippen molar-refractivity contribution in [1.82, 2.24) is 4.72 Å². The van der Waals surface area contributed by atoms with Crippen molar-refractivity contribution in [2.45, 2.75) is 13.3 Å². The molecule has 0 aliphatic heterocycles. The second kappa shape index (κ2) is 7.10. The smallest absolute Gasteiger partial charge is 0.299 e. The van der Waals surface area contributed by atoms with E-state index in [-0.39, 0.29) is 0 Å². The summed E-state index contributed by atoms with van der Waals surface area (Å²) in [6.07, 6.45) is 0.741. The fourth-order valence-electron chi connectivity index (χ4n) is 1.64. The predicted octanol–water partition coefficient (Wildman–Crippen LogP) is 3.14. The third-order valence-electron chi connectivity index (χ3n) is 2.63. The van der Waals surface area contributed by atoms with E-state index in [9.17, 15) is 8.42 Å². The first-order valence-corrected chi connectivity index (χ1v) is 8.18. The van der Waals surface area contributed by atoms with E-state index in [1.807, 2.05) is 37.3 Å². The normalized spacial score (nSPS) is 11.1. The Hall–Kier alpha value is -2.05. The van der Waals surface area contributed by atoms with Crippen molar-refractivity contribution in [1.29, 1.82) is 0 Å². The summed E-state index contributed by atoms with van der Waals surface area (Å²) < 4.78 is 33.9. The first-order valence-electron chi connectivity index (χ1n) is 6.69. The Morgan fingerprint density at radius 2 is 1.57 bits per heavy atom. The van der Waals surface area contributed by atoms with Gasteiger partial charge >= 0.3 is 0 Å². The topological polar surface area (TPSA) is 67.4 Å². The van der Waals surface area contributed by atoms with Crippen molar-refractivity contribution in [2.75, 3.05) is 11.3 Å². The van der Waals surface area contributed by atoms with Gasteiger partial charge in [-0.25, -0.2) is 0 Å². The van der Waals surface area contributed by atoms with Crippen molar-refractivity contribution in [2.24, 2.45) is 0 Å². The predicted molar refractivity (Wildman–Crippen MR) is 83.8 cm³/mol. The molecule has 0 bridgehead atoms. The van der Waals surface area contributed by atoms with Crippen LogP contribution < -0.4 is 14.2 Å². The van der Waals surface area contributed by atoms with Crippen LogP contribution in [0.15, 0.2) is 54.6 Å². The van der Waals surface area contributed by atoms with Gasteiger partial charge in [-0.2, -0.15) is 13.1 Å². The Kier molecular flexibility index (Phi) is 5.19. The Morgan fingerprint density at radius 3 is 2.19 bits per heavy atom. The van der Waals surface area contributed by atoms with Crippen LogP contribution in [0, 0.1) is 0 Å². The Balaban J connectivity index is 1.99. The molecule has 0 aliphatic rings. The van der Waals surface area contributed by atoms with Crippen LogP contribution in [0.2, 0.25) is 0 Å². The van der Waals surface area contributed by atoms with E-state index in [2.05, 4.69) is 9.44 Å². The molecule has 0 spiro atoms. The molecule has 0 atom stereocenters. The summed E-state index contributed by atoms with van der Waals surface area (Å²) in [6.45, 7) is 2.31. The van der Waals surface area contributed by atoms with E-state index in [0.717, 1.165) is 12.2 Å². The molecule has 2 N–H and O–H groups in total. The molecule has 0 aromatic heterocycles. The lowest BCUT2D eigenvalue weighted by molar-refractivity contribution is 0.483. The molecule has 6 heteroatoms. The Labute approximate surface area is 125 Å². The lowest BCUT2D eigenvalue weighted by Crippen LogP contribution is -2.30. The molecule has 2 rings (SSSR count). The van der Waals surface area contributed by atoms with E-state index in [1.54, 1.807) is 24.3 Å². The fraction of sp³-hybridized carbons (Fsp3) is 0.200. The molecular formula is C15H18N2O3S. The molecule has 0 saturated carbocycles. The number of para-hydroxylation sites is 1. The maximum atomic E-state index is 11.7. The van der Waals surface area contributed by atoms with Crippen LogP contribution in [0.4, 0.5) is 5.69 Å². The number of rotatable bonds is 7. The SMILES string of the molecule is CCCNS(=O)(=O)Nc1ccc(Oc2ccccc2)cc1. The largest absolute Gasteiger partial charge is 0.457 e. The van der Waals surface area contributed by atoms with E-state index in [4.69, 9.17) is 4.74 Å². The zero-order valence-corrected chi connectivity index (χ0v) is 12.6. The van der Waals surface area contributed by atoms with Crippen LogP contribution in [0.25, 0.3) is 0 Å². The van der Waals surface area contributed by atoms with Crippen molar-refractivity contribution in [3.63, 3.8) is 0 Å². The monoisotopic (exact) mass is 306 g/mol. The Bertz CT molecular complexity index is 655. The first-order chi connectivity index (χ1) is 10.1. The second-order valence-electron chi connectivity index (χ2n) is 4.44. The molecule has 112 valence electrons. The van der Waals surface area contributed by atoms with E-state index in [1.165, 1.54) is 0 Å². The molecule has 5 nitrogen and oxygen atoms in total. The maximum Gasteiger partial charge on any atom is 0.299 e. The molecule has 0 saturated heterocycles. The third kappa shape index (κ3) is 5.09. The molecule has 0 aliphatic carbocycles. The van der Waals surface area contributed by atoms with Crippen LogP contribution >= 0.6 is 0 Å². The summed E-state index contributed by atoms with van der Waals surface area (Å²) in [5.41, 5.74) is 0.485. The highest BCUT2D eigenvalue weighted by atomic mass is 32.2. The zero-order chi connectivity index (χ0) is 15.1. The van der Waals surface area contributed by atoms with Gasteiger partial charge in [0.05, 0.1) is 5.69 Å². The third-order valence-corrected chi connectivity index (χ3v) is 3.72. The van der Waals surface area contributed by atoms with Gasteiger partial charge in [0, 0.05) is 6.54 Å². The number of nitrogens with one attached hydrogen (secondary N) is 2. The molecule has 21 heavy (non-hydrogen) atoms. The molecule has 2 aromatic rings. The van der Waals surface area contributed by atoms with Crippen LogP contribution in [-0.2, 0) is 10.2 Å². The van der Waals surface area contributed by atoms with E-state index in [0.29, 0.717) is 18.0 Å². The van der Waals surface area contributed by atoms with Crippen molar-refractivity contribution in [3.05, 3.63) is 54.6 Å². The van der Waals surface area contributed by atoms with Gasteiger partial charge in [-0.05, 0) is 42.8 Å². The molecular weight excluding hydrogens is 288 g/mol. The minimum absolute atomic E-state index is 0.407. The molecule has 0 radical (unpaired) electrons. The minimum Gasteiger partial charge on any atom is -0.457 e. The van der Waals surface area contributed by atoms with Gasteiger partial charge in [-0.3, -0.25) is 4.72 Å². The molecule has 0 amide bonds. The first kappa shape index (κ1) is 15.3. The summed E-state index contributed by atoms with van der Waals surface area (Å²) in [6, 6.07) is 16.1. The van der Waals surface area contributed by atoms with Crippen LogP contribution in [-0.4, -0.2) is 15.0 Å². The number of hydrogen-bond acceptors (Lipinski definition) is 3. The van der Waals surface area contributed by atoms with Crippen LogP contribution in [0.3, 0.4) is 0 Å². The van der Waals surface area contributed by atoms with Gasteiger partial charge in [0.25, 0.3) is 10.2 Å². The highest BCUT2D eigenvalue weighted by Gasteiger charge is 2.08. The summed E-state index contributed by atoms with van der Waals surface area (Å²) >= 11 is 0. The summed E-state index contributed by atoms with van der Waals surface area (Å²) in [5.74, 6) is 1.38. The second-order valence-corrected chi connectivity index (χ2v) is 5.94. The van der Waals surface area contributed by atoms with Gasteiger partial charge in [0.1, 0.15) is 11.5 Å². The van der Waals surface area contributed by atoms with Crippen LogP contribution in [0.5, 0.6) is 11.5 Å². The molecule has 2 aromatic carbocycles. The van der Waals surface area contributed by atoms with Crippen molar-refractivity contribution in [3.8, 4) is 11.5 Å². The summed E-state index contributed by atoms with van der Waals surface area (Å²) in [4.78, 5) is 0. The van der Waals surface area contributed by atoms with Crippen molar-refractivity contribution < 1.29 is 13.2 Å². The number of anilines is 1. The van der Waals surface area contributed by atoms with E-state index >= 15 is 0 Å². The Morgan fingerprint density at radius 1 is 0.952 bits per heavy atom. The molecule has 0 fully saturated rings. The molecule has 0 unspecified atom stereocenters. The van der Waals surface area contributed by atoms with Gasteiger partial charge in [0.2, 0.25) is 0 Å². The summed E-state index contributed by atoms with van der Waals surface area (Å²) in [7, 11) is -3.51. The fourth-order valence-corrected chi connectivity index (χ4v) is 2.63. The van der Waals surface area contributed by atoms with Crippen LogP contribution in [0.1, 0.15) is 13.3 Å². The average Bonchev–Trinajstić information content (AvgIpc) is 2.48. The maximum absolute atomic E-state index is 11.7. The summed E-state index contributed by atoms with van der Waals surface area (Å²) in [5, 5.41) is 0. The molecule has 0 heterocycles. The minimum atomic E-state index is -3.51. The van der Waals surface area contributed by atoms with Crippen molar-refractivity contribution >= 4 is 15.9 Å². The van der Waals surface area contributed by atoms with Gasteiger partial charge in [-0.1, -0.05) is 25.1 Å². The van der Waals surface area contributed by atoms with Gasteiger partial charge in [-0.15, -0.1) is 0 Å². The quantitative estimate of drug-likeness (QED) is 0.826.